The van der Waals surface area contributed by atoms with Gasteiger partial charge in [0.05, 0.1) is 13.2 Å². The summed E-state index contributed by atoms with van der Waals surface area (Å²) in [6, 6.07) is 1.28. The zero-order chi connectivity index (χ0) is 22.3. The van der Waals surface area contributed by atoms with Crippen molar-refractivity contribution in [1.82, 2.24) is 0 Å². The first-order chi connectivity index (χ1) is 14.0. The molecule has 0 radical (unpaired) electrons. The molecule has 2 aliphatic heterocycles. The second kappa shape index (κ2) is 7.79. The average Bonchev–Trinajstić information content (AvgIpc) is 2.82. The van der Waals surface area contributed by atoms with Crippen LogP contribution in [0.25, 0.3) is 6.08 Å². The maximum absolute atomic E-state index is 11.6. The van der Waals surface area contributed by atoms with Crippen LogP contribution in [0, 0.1) is 6.92 Å². The molecule has 3 N–H and O–H groups in total. The lowest BCUT2D eigenvalue weighted by atomic mass is 9.74. The van der Waals surface area contributed by atoms with Gasteiger partial charge in [0.25, 0.3) is 0 Å². The van der Waals surface area contributed by atoms with Crippen LogP contribution in [0.5, 0.6) is 5.75 Å². The molecule has 0 aliphatic carbocycles. The molecule has 2 aliphatic rings. The van der Waals surface area contributed by atoms with Crippen LogP contribution in [0.4, 0.5) is 0 Å². The first-order valence-electron chi connectivity index (χ1n) is 9.61. The van der Waals surface area contributed by atoms with Crippen LogP contribution in [0.3, 0.4) is 0 Å². The van der Waals surface area contributed by atoms with Crippen molar-refractivity contribution in [3.63, 3.8) is 0 Å². The van der Waals surface area contributed by atoms with Gasteiger partial charge in [0.15, 0.2) is 6.29 Å². The van der Waals surface area contributed by atoms with E-state index in [0.29, 0.717) is 17.1 Å². The van der Waals surface area contributed by atoms with Gasteiger partial charge in [-0.3, -0.25) is 0 Å². The van der Waals surface area contributed by atoms with Gasteiger partial charge in [-0.15, -0.1) is 0 Å². The number of allylic oxidation sites excluding steroid dienone is 4. The molecule has 6 atom stereocenters. The van der Waals surface area contributed by atoms with Crippen LogP contribution in [-0.4, -0.2) is 57.7 Å². The van der Waals surface area contributed by atoms with Gasteiger partial charge in [-0.25, -0.2) is 4.79 Å². The number of aliphatic hydroxyl groups is 3. The van der Waals surface area contributed by atoms with E-state index in [0.717, 1.165) is 0 Å². The number of hydrogen-bond acceptors (Lipinski definition) is 8. The fourth-order valence-electron chi connectivity index (χ4n) is 4.11. The molecule has 0 saturated carbocycles. The highest BCUT2D eigenvalue weighted by atomic mass is 16.7. The number of ether oxygens (including phenoxy) is 3. The molecule has 3 rings (SSSR count). The summed E-state index contributed by atoms with van der Waals surface area (Å²) in [4.78, 5) is 11.6. The SMILES string of the molecule is COc1cc(=O)oc(C=CC=CC=C[C@@]2(C)O[C@@]3(C)[C@@H](O)[C@@](C)(O[C@@H]3O)[C@H]2O)c1C. The largest absolute Gasteiger partial charge is 0.496 e. The normalized spacial score (nSPS) is 38.9. The highest BCUT2D eigenvalue weighted by Gasteiger charge is 2.71. The summed E-state index contributed by atoms with van der Waals surface area (Å²) in [6.45, 7) is 6.55. The van der Waals surface area contributed by atoms with Crippen molar-refractivity contribution >= 4 is 6.08 Å². The number of hydrogen-bond donors (Lipinski definition) is 3. The van der Waals surface area contributed by atoms with E-state index in [1.165, 1.54) is 13.2 Å². The summed E-state index contributed by atoms with van der Waals surface area (Å²) in [5.41, 5.74) is -3.71. The van der Waals surface area contributed by atoms with Crippen LogP contribution in [-0.2, 0) is 9.47 Å². The Morgan fingerprint density at radius 2 is 1.70 bits per heavy atom. The van der Waals surface area contributed by atoms with Gasteiger partial charge in [-0.05, 0) is 33.8 Å². The van der Waals surface area contributed by atoms with Crippen LogP contribution in [0.2, 0.25) is 0 Å². The van der Waals surface area contributed by atoms with Crippen LogP contribution in [0.1, 0.15) is 32.1 Å². The van der Waals surface area contributed by atoms with E-state index in [1.807, 2.05) is 0 Å². The monoisotopic (exact) mass is 420 g/mol. The minimum absolute atomic E-state index is 0.392. The molecule has 1 aromatic rings. The molecule has 2 saturated heterocycles. The maximum Gasteiger partial charge on any atom is 0.339 e. The molecule has 0 spiro atoms. The Kier molecular flexibility index (Phi) is 5.83. The molecule has 2 fully saturated rings. The fourth-order valence-corrected chi connectivity index (χ4v) is 4.11. The first-order valence-corrected chi connectivity index (χ1v) is 9.61. The Morgan fingerprint density at radius 3 is 2.37 bits per heavy atom. The number of methoxy groups -OCH3 is 1. The van der Waals surface area contributed by atoms with Crippen molar-refractivity contribution in [1.29, 1.82) is 0 Å². The summed E-state index contributed by atoms with van der Waals surface area (Å²) in [5.74, 6) is 0.845. The van der Waals surface area contributed by atoms with Crippen molar-refractivity contribution in [3.8, 4) is 5.75 Å². The molecule has 8 heteroatoms. The van der Waals surface area contributed by atoms with E-state index in [9.17, 15) is 20.1 Å². The van der Waals surface area contributed by atoms with Crippen LogP contribution < -0.4 is 10.4 Å². The second-order valence-electron chi connectivity index (χ2n) is 8.16. The van der Waals surface area contributed by atoms with E-state index >= 15 is 0 Å². The number of aliphatic hydroxyl groups excluding tert-OH is 3. The Morgan fingerprint density at radius 1 is 1.03 bits per heavy atom. The summed E-state index contributed by atoms with van der Waals surface area (Å²) < 4.78 is 21.7. The second-order valence-corrected chi connectivity index (χ2v) is 8.16. The lowest BCUT2D eigenvalue weighted by Crippen LogP contribution is -2.69. The molecule has 0 unspecified atom stereocenters. The molecule has 30 heavy (non-hydrogen) atoms. The molecule has 0 amide bonds. The summed E-state index contributed by atoms with van der Waals surface area (Å²) in [7, 11) is 1.48. The van der Waals surface area contributed by atoms with Gasteiger partial charge in [0, 0.05) is 5.56 Å². The van der Waals surface area contributed by atoms with Gasteiger partial charge in [-0.2, -0.15) is 0 Å². The summed E-state index contributed by atoms with van der Waals surface area (Å²) in [6.07, 6.45) is 6.32. The predicted molar refractivity (Wildman–Crippen MR) is 109 cm³/mol. The fraction of sp³-hybridized carbons (Fsp3) is 0.500. The summed E-state index contributed by atoms with van der Waals surface area (Å²) >= 11 is 0. The van der Waals surface area contributed by atoms with Gasteiger partial charge in [0.2, 0.25) is 0 Å². The molecule has 0 aromatic carbocycles. The molecular weight excluding hydrogens is 392 g/mol. The van der Waals surface area contributed by atoms with Crippen LogP contribution >= 0.6 is 0 Å². The standard InChI is InChI=1S/C22H28O8/c1-13-14(28-16(23)12-15(13)27-5)10-8-6-7-9-11-20(2)17(24)21(3)18(25)22(4,30-20)19(26)29-21/h6-12,17-19,24-26H,1-5H3/t17-,18-,19-,20+,21-,22-/m0/s1. The lowest BCUT2D eigenvalue weighted by molar-refractivity contribution is -0.264. The molecule has 1 aromatic heterocycles. The van der Waals surface area contributed by atoms with E-state index in [2.05, 4.69) is 0 Å². The van der Waals surface area contributed by atoms with Crippen LogP contribution in [0.15, 0.2) is 45.7 Å². The topological polar surface area (TPSA) is 119 Å². The molecule has 2 bridgehead atoms. The lowest BCUT2D eigenvalue weighted by Gasteiger charge is -2.50. The highest BCUT2D eigenvalue weighted by Crippen LogP contribution is 2.51. The third-order valence-corrected chi connectivity index (χ3v) is 5.89. The van der Waals surface area contributed by atoms with Crippen molar-refractivity contribution in [3.05, 3.63) is 58.2 Å². The van der Waals surface area contributed by atoms with Crippen molar-refractivity contribution < 1.29 is 33.9 Å². The molecule has 164 valence electrons. The van der Waals surface area contributed by atoms with Gasteiger partial charge < -0.3 is 33.9 Å². The molecule has 3 heterocycles. The Labute approximate surface area is 174 Å². The highest BCUT2D eigenvalue weighted by molar-refractivity contribution is 5.52. The summed E-state index contributed by atoms with van der Waals surface area (Å²) in [5, 5.41) is 31.4. The van der Waals surface area contributed by atoms with Gasteiger partial charge in [0.1, 0.15) is 40.5 Å². The van der Waals surface area contributed by atoms with Gasteiger partial charge in [-0.1, -0.05) is 30.4 Å². The quantitative estimate of drug-likeness (QED) is 0.613. The average molecular weight is 420 g/mol. The van der Waals surface area contributed by atoms with Crippen molar-refractivity contribution in [2.75, 3.05) is 7.11 Å². The smallest absolute Gasteiger partial charge is 0.339 e. The first kappa shape index (κ1) is 22.5. The third-order valence-electron chi connectivity index (χ3n) is 5.89. The van der Waals surface area contributed by atoms with Gasteiger partial charge >= 0.3 is 5.63 Å². The van der Waals surface area contributed by atoms with E-state index in [4.69, 9.17) is 18.6 Å². The number of fused-ring (bicyclic) bond motifs is 2. The van der Waals surface area contributed by atoms with Crippen molar-refractivity contribution in [2.45, 2.75) is 63.0 Å². The van der Waals surface area contributed by atoms with Crippen molar-refractivity contribution in [2.24, 2.45) is 0 Å². The predicted octanol–water partition coefficient (Wildman–Crippen LogP) is 1.46. The Bertz CT molecular complexity index is 947. The molecule has 8 nitrogen and oxygen atoms in total. The van der Waals surface area contributed by atoms with E-state index in [1.54, 1.807) is 64.2 Å². The number of rotatable bonds is 5. The zero-order valence-corrected chi connectivity index (χ0v) is 17.7. The Balaban J connectivity index is 1.74. The minimum atomic E-state index is -1.36. The van der Waals surface area contributed by atoms with E-state index < -0.39 is 40.9 Å². The third kappa shape index (κ3) is 3.55. The zero-order valence-electron chi connectivity index (χ0n) is 17.7. The maximum atomic E-state index is 11.6. The Hall–Kier alpha value is -2.23. The van der Waals surface area contributed by atoms with E-state index in [-0.39, 0.29) is 0 Å². The molecular formula is C22H28O8. The minimum Gasteiger partial charge on any atom is -0.496 e.